The molecule has 0 radical (unpaired) electrons. The number of rotatable bonds is 4. The monoisotopic (exact) mass is 353 g/mol. The maximum atomic E-state index is 13.1. The molecule has 4 nitrogen and oxygen atoms in total. The molecule has 0 atom stereocenters. The summed E-state index contributed by atoms with van der Waals surface area (Å²) in [7, 11) is 1.40. The Kier molecular flexibility index (Phi) is 12.1. The molecule has 0 spiro atoms. The Morgan fingerprint density at radius 1 is 1.41 bits per heavy atom. The van der Waals surface area contributed by atoms with Crippen molar-refractivity contribution < 1.29 is 9.13 Å². The summed E-state index contributed by atoms with van der Waals surface area (Å²) in [5.41, 5.74) is 3.06. The van der Waals surface area contributed by atoms with E-state index in [-0.39, 0.29) is 29.7 Å². The van der Waals surface area contributed by atoms with Crippen LogP contribution in [-0.4, -0.2) is 19.5 Å². The van der Waals surface area contributed by atoms with E-state index in [1.807, 2.05) is 13.8 Å². The number of hydrogen-bond acceptors (Lipinski definition) is 4. The van der Waals surface area contributed by atoms with Crippen LogP contribution in [0.3, 0.4) is 0 Å². The molecule has 1 aromatic rings. The minimum Gasteiger partial charge on any atom is -0.494 e. The van der Waals surface area contributed by atoms with Gasteiger partial charge in [-0.15, -0.1) is 24.0 Å². The Labute approximate surface area is 118 Å². The molecule has 0 amide bonds. The highest BCUT2D eigenvalue weighted by molar-refractivity contribution is 14.0. The van der Waals surface area contributed by atoms with Crippen LogP contribution in [0.15, 0.2) is 23.3 Å². The van der Waals surface area contributed by atoms with Gasteiger partial charge in [0.1, 0.15) is 0 Å². The third-order valence-electron chi connectivity index (χ3n) is 1.49. The zero-order valence-corrected chi connectivity index (χ0v) is 12.4. The fourth-order valence-electron chi connectivity index (χ4n) is 0.885. The summed E-state index contributed by atoms with van der Waals surface area (Å²) in [4.78, 5) is 0. The van der Waals surface area contributed by atoms with Gasteiger partial charge in [0.05, 0.1) is 19.0 Å². The quantitative estimate of drug-likeness (QED) is 0.494. The number of hydrogen-bond donors (Lipinski definition) is 2. The number of nitrogens with zero attached hydrogens (tertiary/aromatic N) is 1. The third-order valence-corrected chi connectivity index (χ3v) is 1.49. The molecule has 0 heterocycles. The van der Waals surface area contributed by atoms with Crippen molar-refractivity contribution >= 4 is 42.1 Å². The van der Waals surface area contributed by atoms with E-state index in [1.165, 1.54) is 25.5 Å². The Morgan fingerprint density at radius 2 is 2.06 bits per heavy atom. The minimum absolute atomic E-state index is 0. The predicted molar refractivity (Wildman–Crippen MR) is 80.6 cm³/mol. The van der Waals surface area contributed by atoms with Crippen molar-refractivity contribution in [1.82, 2.24) is 0 Å². The van der Waals surface area contributed by atoms with E-state index in [2.05, 4.69) is 10.5 Å². The molecule has 0 bridgehead atoms. The van der Waals surface area contributed by atoms with E-state index in [0.717, 1.165) is 6.21 Å². The number of halogens is 2. The highest BCUT2D eigenvalue weighted by Gasteiger charge is 2.01. The summed E-state index contributed by atoms with van der Waals surface area (Å²) in [5, 5.41) is 10.3. The molecule has 96 valence electrons. The van der Waals surface area contributed by atoms with Gasteiger partial charge in [-0.3, -0.25) is 5.43 Å². The summed E-state index contributed by atoms with van der Waals surface area (Å²) < 4.78 is 17.8. The van der Waals surface area contributed by atoms with Crippen LogP contribution in [0.25, 0.3) is 0 Å². The maximum absolute atomic E-state index is 13.1. The van der Waals surface area contributed by atoms with Crippen molar-refractivity contribution in [2.75, 3.05) is 12.5 Å². The van der Waals surface area contributed by atoms with Gasteiger partial charge in [0.2, 0.25) is 0 Å². The number of anilines is 1. The lowest BCUT2D eigenvalue weighted by Crippen LogP contribution is -1.92. The van der Waals surface area contributed by atoms with E-state index < -0.39 is 5.82 Å². The SMILES string of the molecule is CC.COc1ccc(N/N=C\C=N)cc1F.I. The summed E-state index contributed by atoms with van der Waals surface area (Å²) in [6.07, 6.45) is 2.27. The molecule has 17 heavy (non-hydrogen) atoms. The molecule has 6 heteroatoms. The van der Waals surface area contributed by atoms with Crippen LogP contribution in [-0.2, 0) is 0 Å². The first-order chi connectivity index (χ1) is 7.77. The second-order valence-electron chi connectivity index (χ2n) is 2.41. The Hall–Kier alpha value is -1.18. The number of methoxy groups -OCH3 is 1. The summed E-state index contributed by atoms with van der Waals surface area (Å²) >= 11 is 0. The zero-order chi connectivity index (χ0) is 12.4. The largest absolute Gasteiger partial charge is 0.494 e. The fraction of sp³-hybridized carbons (Fsp3) is 0.273. The number of ether oxygens (including phenoxy) is 1. The molecule has 0 saturated heterocycles. The third kappa shape index (κ3) is 6.88. The van der Waals surface area contributed by atoms with Crippen molar-refractivity contribution in [3.05, 3.63) is 24.0 Å². The fourth-order valence-corrected chi connectivity index (χ4v) is 0.885. The Bertz CT molecular complexity index is 359. The maximum Gasteiger partial charge on any atom is 0.167 e. The van der Waals surface area contributed by atoms with Crippen LogP contribution in [0.2, 0.25) is 0 Å². The second kappa shape index (κ2) is 11.3. The van der Waals surface area contributed by atoms with Crippen LogP contribution >= 0.6 is 24.0 Å². The van der Waals surface area contributed by atoms with Gasteiger partial charge in [-0.2, -0.15) is 5.10 Å². The van der Waals surface area contributed by atoms with Crippen LogP contribution < -0.4 is 10.2 Å². The lowest BCUT2D eigenvalue weighted by molar-refractivity contribution is 0.386. The van der Waals surface area contributed by atoms with Gasteiger partial charge in [-0.1, -0.05) is 13.8 Å². The number of benzene rings is 1. The molecule has 0 aliphatic carbocycles. The first kappa shape index (κ1) is 18.2. The molecular weight excluding hydrogens is 336 g/mol. The van der Waals surface area contributed by atoms with E-state index in [4.69, 9.17) is 10.1 Å². The summed E-state index contributed by atoms with van der Waals surface area (Å²) in [6, 6.07) is 4.39. The first-order valence-electron chi connectivity index (χ1n) is 4.89. The van der Waals surface area contributed by atoms with E-state index in [1.54, 1.807) is 6.07 Å². The normalized spacial score (nSPS) is 8.71. The molecule has 2 N–H and O–H groups in total. The number of hydrazone groups is 1. The zero-order valence-electron chi connectivity index (χ0n) is 10.0. The predicted octanol–water partition coefficient (Wildman–Crippen LogP) is 3.53. The van der Waals surface area contributed by atoms with Crippen molar-refractivity contribution in [3.63, 3.8) is 0 Å². The van der Waals surface area contributed by atoms with Gasteiger partial charge in [0.15, 0.2) is 11.6 Å². The van der Waals surface area contributed by atoms with Gasteiger partial charge in [-0.05, 0) is 12.1 Å². The van der Waals surface area contributed by atoms with Gasteiger partial charge in [0.25, 0.3) is 0 Å². The highest BCUT2D eigenvalue weighted by atomic mass is 127. The summed E-state index contributed by atoms with van der Waals surface area (Å²) in [6.45, 7) is 4.00. The molecule has 0 aliphatic rings. The van der Waals surface area contributed by atoms with Crippen molar-refractivity contribution in [2.24, 2.45) is 5.10 Å². The first-order valence-corrected chi connectivity index (χ1v) is 4.89. The average molecular weight is 353 g/mol. The smallest absolute Gasteiger partial charge is 0.167 e. The Balaban J connectivity index is 0. The van der Waals surface area contributed by atoms with Crippen LogP contribution in [0.1, 0.15) is 13.8 Å². The minimum atomic E-state index is -0.456. The molecule has 1 rings (SSSR count). The number of nitrogens with one attached hydrogen (secondary N) is 2. The highest BCUT2D eigenvalue weighted by Crippen LogP contribution is 2.20. The van der Waals surface area contributed by atoms with Crippen LogP contribution in [0.4, 0.5) is 10.1 Å². The van der Waals surface area contributed by atoms with Gasteiger partial charge in [-0.25, -0.2) is 4.39 Å². The molecule has 0 saturated carbocycles. The molecule has 0 aliphatic heterocycles. The van der Waals surface area contributed by atoms with Crippen molar-refractivity contribution in [2.45, 2.75) is 13.8 Å². The van der Waals surface area contributed by atoms with Gasteiger partial charge < -0.3 is 10.1 Å². The molecule has 0 aromatic heterocycles. The lowest BCUT2D eigenvalue weighted by atomic mass is 10.3. The lowest BCUT2D eigenvalue weighted by Gasteiger charge is -2.03. The van der Waals surface area contributed by atoms with Crippen molar-refractivity contribution in [1.29, 1.82) is 5.41 Å². The van der Waals surface area contributed by atoms with E-state index in [0.29, 0.717) is 5.69 Å². The molecule has 0 unspecified atom stereocenters. The Morgan fingerprint density at radius 3 is 2.53 bits per heavy atom. The molecule has 0 fully saturated rings. The van der Waals surface area contributed by atoms with Gasteiger partial charge in [0, 0.05) is 12.3 Å². The molecule has 1 aromatic carbocycles. The summed E-state index contributed by atoms with van der Waals surface area (Å²) in [5.74, 6) is -0.269. The van der Waals surface area contributed by atoms with Crippen LogP contribution in [0.5, 0.6) is 5.75 Å². The molecular formula is C11H17FIN3O. The standard InChI is InChI=1S/C9H10FN3O.C2H6.HI/c1-14-9-3-2-7(6-8(9)10)13-12-5-4-11;1-2;/h2-6,11,13H,1H3;1-2H3;1H/b11-4?,12-5-;;. The van der Waals surface area contributed by atoms with Gasteiger partial charge >= 0.3 is 0 Å². The van der Waals surface area contributed by atoms with E-state index >= 15 is 0 Å². The average Bonchev–Trinajstić information content (AvgIpc) is 2.32. The second-order valence-corrected chi connectivity index (χ2v) is 2.41. The van der Waals surface area contributed by atoms with Crippen LogP contribution in [0, 0.1) is 11.2 Å². The van der Waals surface area contributed by atoms with Crippen molar-refractivity contribution in [3.8, 4) is 5.75 Å². The topological polar surface area (TPSA) is 57.5 Å². The van der Waals surface area contributed by atoms with E-state index in [9.17, 15) is 4.39 Å².